The molecule has 1 atom stereocenters. The number of nitrogens with zero attached hydrogens (tertiary/aromatic N) is 2. The van der Waals surface area contributed by atoms with E-state index in [0.29, 0.717) is 12.8 Å². The van der Waals surface area contributed by atoms with Crippen LogP contribution in [0.15, 0.2) is 35.1 Å². The van der Waals surface area contributed by atoms with Gasteiger partial charge in [0.2, 0.25) is 5.95 Å². The number of aromatic nitrogens is 2. The van der Waals surface area contributed by atoms with Crippen LogP contribution in [0.3, 0.4) is 0 Å². The number of alkyl halides is 3. The third-order valence-corrected chi connectivity index (χ3v) is 2.73. The van der Waals surface area contributed by atoms with Crippen molar-refractivity contribution >= 4 is 5.95 Å². The first-order valence-corrected chi connectivity index (χ1v) is 6.14. The summed E-state index contributed by atoms with van der Waals surface area (Å²) in [7, 11) is 0. The summed E-state index contributed by atoms with van der Waals surface area (Å²) in [5, 5.41) is 2.85. The van der Waals surface area contributed by atoms with Crippen molar-refractivity contribution < 1.29 is 17.6 Å². The standard InChI is InChI=1S/C13H14F3N3O/c1-9(4-5-10-3-2-8-20-10)18-12-17-7-6-11(19-12)13(14,15)16/h2-3,6-9H,4-5H2,1H3,(H,17,18,19)/t9-/m1/s1. The third-order valence-electron chi connectivity index (χ3n) is 2.73. The zero-order valence-corrected chi connectivity index (χ0v) is 10.8. The van der Waals surface area contributed by atoms with Gasteiger partial charge in [0, 0.05) is 18.7 Å². The fraction of sp³-hybridized carbons (Fsp3) is 0.385. The van der Waals surface area contributed by atoms with Crippen molar-refractivity contribution in [3.63, 3.8) is 0 Å². The fourth-order valence-corrected chi connectivity index (χ4v) is 1.69. The van der Waals surface area contributed by atoms with E-state index in [9.17, 15) is 13.2 Å². The van der Waals surface area contributed by atoms with E-state index >= 15 is 0 Å². The van der Waals surface area contributed by atoms with Gasteiger partial charge >= 0.3 is 6.18 Å². The predicted molar refractivity (Wildman–Crippen MR) is 67.1 cm³/mol. The van der Waals surface area contributed by atoms with Gasteiger partial charge in [0.15, 0.2) is 0 Å². The Kier molecular flexibility index (Phi) is 4.26. The molecule has 0 bridgehead atoms. The van der Waals surface area contributed by atoms with Crippen LogP contribution >= 0.6 is 0 Å². The summed E-state index contributed by atoms with van der Waals surface area (Å²) < 4.78 is 42.7. The smallest absolute Gasteiger partial charge is 0.433 e. The van der Waals surface area contributed by atoms with E-state index in [4.69, 9.17) is 4.42 Å². The van der Waals surface area contributed by atoms with Gasteiger partial charge in [-0.3, -0.25) is 0 Å². The number of furan rings is 1. The van der Waals surface area contributed by atoms with Crippen LogP contribution in [0.1, 0.15) is 24.8 Å². The summed E-state index contributed by atoms with van der Waals surface area (Å²) >= 11 is 0. The summed E-state index contributed by atoms with van der Waals surface area (Å²) in [6.45, 7) is 1.85. The molecule has 0 saturated heterocycles. The molecule has 0 saturated carbocycles. The molecule has 0 fully saturated rings. The van der Waals surface area contributed by atoms with Crippen molar-refractivity contribution in [2.75, 3.05) is 5.32 Å². The second-order valence-corrected chi connectivity index (χ2v) is 4.43. The van der Waals surface area contributed by atoms with Gasteiger partial charge in [-0.2, -0.15) is 13.2 Å². The maximum atomic E-state index is 12.5. The minimum absolute atomic E-state index is 0.0215. The zero-order valence-electron chi connectivity index (χ0n) is 10.8. The number of aryl methyl sites for hydroxylation is 1. The minimum atomic E-state index is -4.46. The molecule has 0 amide bonds. The molecule has 2 aromatic heterocycles. The molecule has 2 heterocycles. The zero-order chi connectivity index (χ0) is 14.6. The fourth-order valence-electron chi connectivity index (χ4n) is 1.69. The Balaban J connectivity index is 1.92. The van der Waals surface area contributed by atoms with Crippen molar-refractivity contribution in [2.24, 2.45) is 0 Å². The Labute approximate surface area is 114 Å². The number of hydrogen-bond donors (Lipinski definition) is 1. The molecule has 0 aromatic carbocycles. The summed E-state index contributed by atoms with van der Waals surface area (Å²) in [6, 6.07) is 4.43. The largest absolute Gasteiger partial charge is 0.469 e. The Morgan fingerprint density at radius 1 is 1.35 bits per heavy atom. The van der Waals surface area contributed by atoms with Gasteiger partial charge in [-0.05, 0) is 31.5 Å². The molecular formula is C13H14F3N3O. The second kappa shape index (κ2) is 5.94. The molecule has 2 aromatic rings. The number of hydrogen-bond acceptors (Lipinski definition) is 4. The molecule has 0 spiro atoms. The normalized spacial score (nSPS) is 13.2. The van der Waals surface area contributed by atoms with Crippen LogP contribution in [0.25, 0.3) is 0 Å². The summed E-state index contributed by atoms with van der Waals surface area (Å²) in [4.78, 5) is 7.25. The molecule has 108 valence electrons. The highest BCUT2D eigenvalue weighted by Crippen LogP contribution is 2.27. The SMILES string of the molecule is C[C@H](CCc1ccco1)Nc1nccc(C(F)(F)F)n1. The first kappa shape index (κ1) is 14.4. The molecule has 0 radical (unpaired) electrons. The number of nitrogens with one attached hydrogen (secondary N) is 1. The van der Waals surface area contributed by atoms with Crippen molar-refractivity contribution in [1.82, 2.24) is 9.97 Å². The minimum Gasteiger partial charge on any atom is -0.469 e. The molecule has 7 heteroatoms. The molecule has 0 aliphatic heterocycles. The lowest BCUT2D eigenvalue weighted by Gasteiger charge is -2.14. The topological polar surface area (TPSA) is 51.0 Å². The van der Waals surface area contributed by atoms with E-state index in [1.807, 2.05) is 13.0 Å². The predicted octanol–water partition coefficient (Wildman–Crippen LogP) is 3.52. The molecule has 0 aliphatic rings. The van der Waals surface area contributed by atoms with Crippen LogP contribution in [0.5, 0.6) is 0 Å². The number of anilines is 1. The summed E-state index contributed by atoms with van der Waals surface area (Å²) in [5.41, 5.74) is -0.951. The van der Waals surface area contributed by atoms with E-state index < -0.39 is 11.9 Å². The van der Waals surface area contributed by atoms with E-state index in [-0.39, 0.29) is 12.0 Å². The van der Waals surface area contributed by atoms with Gasteiger partial charge in [0.1, 0.15) is 11.5 Å². The first-order chi connectivity index (χ1) is 9.45. The number of rotatable bonds is 5. The lowest BCUT2D eigenvalue weighted by Crippen LogP contribution is -2.19. The lowest BCUT2D eigenvalue weighted by molar-refractivity contribution is -0.141. The Morgan fingerprint density at radius 2 is 2.15 bits per heavy atom. The van der Waals surface area contributed by atoms with E-state index in [2.05, 4.69) is 15.3 Å². The van der Waals surface area contributed by atoms with Crippen molar-refractivity contribution in [2.45, 2.75) is 32.0 Å². The van der Waals surface area contributed by atoms with Crippen LogP contribution < -0.4 is 5.32 Å². The van der Waals surface area contributed by atoms with Gasteiger partial charge < -0.3 is 9.73 Å². The van der Waals surface area contributed by atoms with Gasteiger partial charge in [0.25, 0.3) is 0 Å². The molecular weight excluding hydrogens is 271 g/mol. The molecule has 2 rings (SSSR count). The Bertz CT molecular complexity index is 540. The van der Waals surface area contributed by atoms with Crippen LogP contribution in [0, 0.1) is 0 Å². The van der Waals surface area contributed by atoms with Gasteiger partial charge in [-0.25, -0.2) is 9.97 Å². The van der Waals surface area contributed by atoms with Crippen molar-refractivity contribution in [1.29, 1.82) is 0 Å². The lowest BCUT2D eigenvalue weighted by atomic mass is 10.1. The monoisotopic (exact) mass is 285 g/mol. The summed E-state index contributed by atoms with van der Waals surface area (Å²) in [6.07, 6.45) is -0.384. The van der Waals surface area contributed by atoms with Crippen molar-refractivity contribution in [3.05, 3.63) is 42.1 Å². The van der Waals surface area contributed by atoms with E-state index in [1.54, 1.807) is 12.3 Å². The average molecular weight is 285 g/mol. The molecule has 0 aliphatic carbocycles. The number of halogens is 3. The first-order valence-electron chi connectivity index (χ1n) is 6.14. The van der Waals surface area contributed by atoms with Crippen LogP contribution in [0.4, 0.5) is 19.1 Å². The third kappa shape index (κ3) is 3.97. The quantitative estimate of drug-likeness (QED) is 0.913. The molecule has 1 N–H and O–H groups in total. The van der Waals surface area contributed by atoms with Crippen LogP contribution in [-0.4, -0.2) is 16.0 Å². The average Bonchev–Trinajstić information content (AvgIpc) is 2.89. The van der Waals surface area contributed by atoms with Crippen LogP contribution in [-0.2, 0) is 12.6 Å². The Morgan fingerprint density at radius 3 is 2.80 bits per heavy atom. The summed E-state index contributed by atoms with van der Waals surface area (Å²) in [5.74, 6) is 0.815. The highest BCUT2D eigenvalue weighted by atomic mass is 19.4. The Hall–Kier alpha value is -2.05. The van der Waals surface area contributed by atoms with Gasteiger partial charge in [-0.15, -0.1) is 0 Å². The highest BCUT2D eigenvalue weighted by molar-refractivity contribution is 5.27. The maximum Gasteiger partial charge on any atom is 0.433 e. The van der Waals surface area contributed by atoms with Crippen molar-refractivity contribution in [3.8, 4) is 0 Å². The second-order valence-electron chi connectivity index (χ2n) is 4.43. The van der Waals surface area contributed by atoms with Gasteiger partial charge in [-0.1, -0.05) is 0 Å². The van der Waals surface area contributed by atoms with E-state index in [0.717, 1.165) is 18.0 Å². The highest BCUT2D eigenvalue weighted by Gasteiger charge is 2.32. The maximum absolute atomic E-state index is 12.5. The van der Waals surface area contributed by atoms with Crippen LogP contribution in [0.2, 0.25) is 0 Å². The van der Waals surface area contributed by atoms with E-state index in [1.165, 1.54) is 0 Å². The van der Waals surface area contributed by atoms with Gasteiger partial charge in [0.05, 0.1) is 6.26 Å². The molecule has 20 heavy (non-hydrogen) atoms. The molecule has 4 nitrogen and oxygen atoms in total. The molecule has 0 unspecified atom stereocenters.